The first-order valence-electron chi connectivity index (χ1n) is 7.05. The third kappa shape index (κ3) is 4.24. The van der Waals surface area contributed by atoms with Gasteiger partial charge in [-0.3, -0.25) is 4.79 Å². The maximum Gasteiger partial charge on any atom is 0.251 e. The Hall–Kier alpha value is -2.49. The van der Waals surface area contributed by atoms with Crippen LogP contribution in [0.4, 0.5) is 5.69 Å². The van der Waals surface area contributed by atoms with Gasteiger partial charge in [0.1, 0.15) is 12.4 Å². The number of rotatable bonds is 6. The molecule has 0 atom stereocenters. The number of nitrogen functional groups attached to an aromatic ring is 1. The Balaban J connectivity index is 2.00. The van der Waals surface area contributed by atoms with Crippen LogP contribution in [0.1, 0.15) is 29.3 Å². The normalized spacial score (nSPS) is 10.1. The molecule has 3 N–H and O–H groups in total. The molecule has 0 aliphatic heterocycles. The predicted octanol–water partition coefficient (Wildman–Crippen LogP) is 2.99. The maximum atomic E-state index is 11.8. The minimum absolute atomic E-state index is 0.113. The van der Waals surface area contributed by atoms with Crippen molar-refractivity contribution in [1.29, 1.82) is 0 Å². The van der Waals surface area contributed by atoms with Crippen molar-refractivity contribution in [3.63, 3.8) is 0 Å². The van der Waals surface area contributed by atoms with Gasteiger partial charge in [0.2, 0.25) is 0 Å². The van der Waals surface area contributed by atoms with Gasteiger partial charge in [-0.1, -0.05) is 37.3 Å². The number of hydrogen-bond acceptors (Lipinski definition) is 3. The lowest BCUT2D eigenvalue weighted by Gasteiger charge is -2.10. The largest absolute Gasteiger partial charge is 0.487 e. The van der Waals surface area contributed by atoms with E-state index in [-0.39, 0.29) is 5.91 Å². The van der Waals surface area contributed by atoms with Crippen LogP contribution < -0.4 is 15.8 Å². The van der Waals surface area contributed by atoms with Crippen LogP contribution in [0.5, 0.6) is 5.75 Å². The molecule has 0 unspecified atom stereocenters. The average Bonchev–Trinajstić information content (AvgIpc) is 2.52. The monoisotopic (exact) mass is 284 g/mol. The molecule has 0 fully saturated rings. The van der Waals surface area contributed by atoms with E-state index in [0.29, 0.717) is 30.2 Å². The summed E-state index contributed by atoms with van der Waals surface area (Å²) in [5, 5.41) is 2.82. The van der Waals surface area contributed by atoms with E-state index in [1.165, 1.54) is 0 Å². The van der Waals surface area contributed by atoms with Crippen molar-refractivity contribution in [2.75, 3.05) is 12.3 Å². The number of ether oxygens (including phenoxy) is 1. The Morgan fingerprint density at radius 3 is 2.62 bits per heavy atom. The highest BCUT2D eigenvalue weighted by Crippen LogP contribution is 2.23. The molecular formula is C17H20N2O2. The van der Waals surface area contributed by atoms with Gasteiger partial charge in [0.25, 0.3) is 5.91 Å². The van der Waals surface area contributed by atoms with Gasteiger partial charge in [-0.05, 0) is 30.2 Å². The van der Waals surface area contributed by atoms with E-state index in [0.717, 1.165) is 12.0 Å². The summed E-state index contributed by atoms with van der Waals surface area (Å²) in [6, 6.07) is 15.0. The highest BCUT2D eigenvalue weighted by Gasteiger charge is 2.08. The standard InChI is InChI=1S/C17H20N2O2/c1-2-10-19-17(20)14-8-9-16(15(18)11-14)21-12-13-6-4-3-5-7-13/h3-9,11H,2,10,12,18H2,1H3,(H,19,20). The van der Waals surface area contributed by atoms with Gasteiger partial charge in [0, 0.05) is 12.1 Å². The zero-order valence-electron chi connectivity index (χ0n) is 12.1. The van der Waals surface area contributed by atoms with Gasteiger partial charge in [-0.25, -0.2) is 0 Å². The molecule has 2 aromatic carbocycles. The summed E-state index contributed by atoms with van der Waals surface area (Å²) in [5.41, 5.74) is 8.03. The second kappa shape index (κ2) is 7.33. The van der Waals surface area contributed by atoms with E-state index >= 15 is 0 Å². The Morgan fingerprint density at radius 2 is 1.95 bits per heavy atom. The van der Waals surface area contributed by atoms with Gasteiger partial charge in [-0.15, -0.1) is 0 Å². The van der Waals surface area contributed by atoms with Crippen LogP contribution in [0.25, 0.3) is 0 Å². The Bertz CT molecular complexity index is 597. The summed E-state index contributed by atoms with van der Waals surface area (Å²) < 4.78 is 5.68. The Morgan fingerprint density at radius 1 is 1.19 bits per heavy atom. The number of carbonyl (C=O) groups is 1. The first-order valence-corrected chi connectivity index (χ1v) is 7.05. The molecule has 0 radical (unpaired) electrons. The second-order valence-electron chi connectivity index (χ2n) is 4.78. The second-order valence-corrected chi connectivity index (χ2v) is 4.78. The molecule has 0 aromatic heterocycles. The lowest BCUT2D eigenvalue weighted by Crippen LogP contribution is -2.24. The van der Waals surface area contributed by atoms with Crippen LogP contribution in [0.15, 0.2) is 48.5 Å². The number of hydrogen-bond donors (Lipinski definition) is 2. The fourth-order valence-corrected chi connectivity index (χ4v) is 1.90. The SMILES string of the molecule is CCCNC(=O)c1ccc(OCc2ccccc2)c(N)c1. The van der Waals surface area contributed by atoms with Crippen molar-refractivity contribution in [2.24, 2.45) is 0 Å². The predicted molar refractivity (Wildman–Crippen MR) is 84.3 cm³/mol. The molecule has 21 heavy (non-hydrogen) atoms. The summed E-state index contributed by atoms with van der Waals surface area (Å²) in [4.78, 5) is 11.8. The molecule has 0 aliphatic rings. The minimum atomic E-state index is -0.113. The molecule has 2 rings (SSSR count). The third-order valence-electron chi connectivity index (χ3n) is 3.04. The van der Waals surface area contributed by atoms with Gasteiger partial charge in [-0.2, -0.15) is 0 Å². The Kier molecular flexibility index (Phi) is 5.21. The molecule has 0 aliphatic carbocycles. The molecule has 110 valence electrons. The first kappa shape index (κ1) is 14.9. The van der Waals surface area contributed by atoms with Gasteiger partial charge in [0.05, 0.1) is 5.69 Å². The van der Waals surface area contributed by atoms with Crippen LogP contribution in [0, 0.1) is 0 Å². The van der Waals surface area contributed by atoms with E-state index < -0.39 is 0 Å². The van der Waals surface area contributed by atoms with Crippen molar-refractivity contribution in [1.82, 2.24) is 5.32 Å². The molecular weight excluding hydrogens is 264 g/mol. The molecule has 1 amide bonds. The lowest BCUT2D eigenvalue weighted by atomic mass is 10.1. The molecule has 0 saturated heterocycles. The minimum Gasteiger partial charge on any atom is -0.487 e. The highest BCUT2D eigenvalue weighted by molar-refractivity contribution is 5.95. The number of carbonyl (C=O) groups excluding carboxylic acids is 1. The summed E-state index contributed by atoms with van der Waals surface area (Å²) in [5.74, 6) is 0.476. The smallest absolute Gasteiger partial charge is 0.251 e. The zero-order valence-corrected chi connectivity index (χ0v) is 12.1. The highest BCUT2D eigenvalue weighted by atomic mass is 16.5. The van der Waals surface area contributed by atoms with Crippen molar-refractivity contribution in [3.05, 3.63) is 59.7 Å². The van der Waals surface area contributed by atoms with Crippen LogP contribution >= 0.6 is 0 Å². The van der Waals surface area contributed by atoms with Crippen molar-refractivity contribution < 1.29 is 9.53 Å². The maximum absolute atomic E-state index is 11.8. The van der Waals surface area contributed by atoms with E-state index in [1.54, 1.807) is 18.2 Å². The molecule has 0 heterocycles. The Labute approximate surface area is 124 Å². The van der Waals surface area contributed by atoms with Gasteiger partial charge < -0.3 is 15.8 Å². The van der Waals surface area contributed by atoms with E-state index in [9.17, 15) is 4.79 Å². The molecule has 2 aromatic rings. The van der Waals surface area contributed by atoms with E-state index in [4.69, 9.17) is 10.5 Å². The van der Waals surface area contributed by atoms with Crippen molar-refractivity contribution in [3.8, 4) is 5.75 Å². The number of benzene rings is 2. The lowest BCUT2D eigenvalue weighted by molar-refractivity contribution is 0.0953. The molecule has 0 spiro atoms. The van der Waals surface area contributed by atoms with Crippen LogP contribution in [0.2, 0.25) is 0 Å². The molecule has 0 bridgehead atoms. The van der Waals surface area contributed by atoms with Crippen molar-refractivity contribution >= 4 is 11.6 Å². The number of nitrogens with two attached hydrogens (primary N) is 1. The molecule has 4 nitrogen and oxygen atoms in total. The topological polar surface area (TPSA) is 64.3 Å². The number of amides is 1. The van der Waals surface area contributed by atoms with Crippen LogP contribution in [0.3, 0.4) is 0 Å². The fourth-order valence-electron chi connectivity index (χ4n) is 1.90. The summed E-state index contributed by atoms with van der Waals surface area (Å²) >= 11 is 0. The van der Waals surface area contributed by atoms with Crippen LogP contribution in [-0.4, -0.2) is 12.5 Å². The number of nitrogens with one attached hydrogen (secondary N) is 1. The molecule has 4 heteroatoms. The summed E-state index contributed by atoms with van der Waals surface area (Å²) in [6.45, 7) is 3.12. The zero-order chi connectivity index (χ0) is 15.1. The summed E-state index contributed by atoms with van der Waals surface area (Å²) in [7, 11) is 0. The van der Waals surface area contributed by atoms with Crippen LogP contribution in [-0.2, 0) is 6.61 Å². The number of anilines is 1. The van der Waals surface area contributed by atoms with E-state index in [1.807, 2.05) is 37.3 Å². The third-order valence-corrected chi connectivity index (χ3v) is 3.04. The van der Waals surface area contributed by atoms with Gasteiger partial charge >= 0.3 is 0 Å². The van der Waals surface area contributed by atoms with Gasteiger partial charge in [0.15, 0.2) is 0 Å². The fraction of sp³-hybridized carbons (Fsp3) is 0.235. The average molecular weight is 284 g/mol. The molecule has 0 saturated carbocycles. The quantitative estimate of drug-likeness (QED) is 0.801. The van der Waals surface area contributed by atoms with E-state index in [2.05, 4.69) is 5.32 Å². The summed E-state index contributed by atoms with van der Waals surface area (Å²) in [6.07, 6.45) is 0.902. The first-order chi connectivity index (χ1) is 10.2. The van der Waals surface area contributed by atoms with Crippen molar-refractivity contribution in [2.45, 2.75) is 20.0 Å².